The number of nitrogens with one attached hydrogen (secondary N) is 1. The van der Waals surface area contributed by atoms with E-state index >= 15 is 0 Å². The minimum Gasteiger partial charge on any atom is -0.493 e. The topological polar surface area (TPSA) is 73.4 Å². The van der Waals surface area contributed by atoms with E-state index in [1.165, 1.54) is 10.4 Å². The summed E-state index contributed by atoms with van der Waals surface area (Å²) in [6.07, 6.45) is 4.24. The maximum absolute atomic E-state index is 12.9. The van der Waals surface area contributed by atoms with Crippen molar-refractivity contribution in [3.8, 4) is 28.6 Å². The van der Waals surface area contributed by atoms with Crippen LogP contribution in [0.1, 0.15) is 28.8 Å². The molecule has 0 saturated heterocycles. The molecule has 0 bridgehead atoms. The number of aromatic amines is 1. The van der Waals surface area contributed by atoms with E-state index in [0.717, 1.165) is 47.2 Å². The first-order valence-corrected chi connectivity index (χ1v) is 12.5. The third-order valence-electron chi connectivity index (χ3n) is 5.92. The quantitative estimate of drug-likeness (QED) is 0.320. The molecule has 2 heterocycles. The number of hydrogen-bond acceptors (Lipinski definition) is 6. The molecular weight excluding hydrogens is 472 g/mol. The number of halogens is 1. The van der Waals surface area contributed by atoms with Crippen molar-refractivity contribution in [2.75, 3.05) is 20.3 Å². The summed E-state index contributed by atoms with van der Waals surface area (Å²) in [6, 6.07) is 11.4. The fourth-order valence-electron chi connectivity index (χ4n) is 4.31. The number of methoxy groups -OCH3 is 1. The highest BCUT2D eigenvalue weighted by Gasteiger charge is 2.21. The van der Waals surface area contributed by atoms with Crippen molar-refractivity contribution in [2.24, 2.45) is 0 Å². The van der Waals surface area contributed by atoms with Gasteiger partial charge in [-0.3, -0.25) is 4.79 Å². The zero-order chi connectivity index (χ0) is 23.7. The van der Waals surface area contributed by atoms with Crippen LogP contribution in [0.15, 0.2) is 41.2 Å². The molecule has 0 amide bonds. The van der Waals surface area contributed by atoms with Gasteiger partial charge in [0.15, 0.2) is 11.5 Å². The fraction of sp³-hybridized carbons (Fsp3) is 0.308. The van der Waals surface area contributed by atoms with Gasteiger partial charge in [-0.1, -0.05) is 23.7 Å². The third kappa shape index (κ3) is 4.50. The van der Waals surface area contributed by atoms with Gasteiger partial charge in [0.2, 0.25) is 0 Å². The molecule has 0 aliphatic heterocycles. The first-order valence-electron chi connectivity index (χ1n) is 11.3. The lowest BCUT2D eigenvalue weighted by Gasteiger charge is -2.14. The number of benzene rings is 2. The highest BCUT2D eigenvalue weighted by Crippen LogP contribution is 2.40. The summed E-state index contributed by atoms with van der Waals surface area (Å²) >= 11 is 8.18. The molecule has 4 aromatic rings. The number of aromatic nitrogens is 2. The van der Waals surface area contributed by atoms with Crippen LogP contribution in [0.4, 0.5) is 0 Å². The Morgan fingerprint density at radius 2 is 1.94 bits per heavy atom. The molecule has 6 nitrogen and oxygen atoms in total. The monoisotopic (exact) mass is 496 g/mol. The SMILES string of the molecule is COc1cc(-c2nc3sc4c(c3c(=O)[nH]2)CCCC4)cc(Cl)c1OCCOc1cccc(C)c1. The molecule has 1 aliphatic carbocycles. The minimum atomic E-state index is -0.108. The second-order valence-corrected chi connectivity index (χ2v) is 9.80. The summed E-state index contributed by atoms with van der Waals surface area (Å²) in [5.74, 6) is 2.14. The number of aryl methyl sites for hydroxylation is 3. The Morgan fingerprint density at radius 1 is 1.12 bits per heavy atom. The summed E-state index contributed by atoms with van der Waals surface area (Å²) in [7, 11) is 1.55. The Kier molecular flexibility index (Phi) is 6.48. The van der Waals surface area contributed by atoms with Crippen LogP contribution in [0.5, 0.6) is 17.2 Å². The van der Waals surface area contributed by atoms with Crippen molar-refractivity contribution in [2.45, 2.75) is 32.6 Å². The van der Waals surface area contributed by atoms with Gasteiger partial charge in [-0.15, -0.1) is 11.3 Å². The van der Waals surface area contributed by atoms with Crippen molar-refractivity contribution >= 4 is 33.2 Å². The molecule has 0 saturated carbocycles. The summed E-state index contributed by atoms with van der Waals surface area (Å²) < 4.78 is 17.2. The van der Waals surface area contributed by atoms with Gasteiger partial charge in [-0.2, -0.15) is 0 Å². The molecule has 0 atom stereocenters. The molecule has 1 aliphatic rings. The molecule has 34 heavy (non-hydrogen) atoms. The number of fused-ring (bicyclic) bond motifs is 3. The van der Waals surface area contributed by atoms with E-state index in [1.54, 1.807) is 30.6 Å². The predicted molar refractivity (Wildman–Crippen MR) is 136 cm³/mol. The van der Waals surface area contributed by atoms with Crippen LogP contribution in [-0.4, -0.2) is 30.3 Å². The number of H-pyrrole nitrogens is 1. The summed E-state index contributed by atoms with van der Waals surface area (Å²) in [5.41, 5.74) is 2.85. The highest BCUT2D eigenvalue weighted by atomic mass is 35.5. The Balaban J connectivity index is 1.38. The second-order valence-electron chi connectivity index (χ2n) is 8.31. The van der Waals surface area contributed by atoms with E-state index in [2.05, 4.69) is 4.98 Å². The molecule has 5 rings (SSSR count). The zero-order valence-electron chi connectivity index (χ0n) is 19.1. The molecule has 0 radical (unpaired) electrons. The molecule has 1 N–H and O–H groups in total. The predicted octanol–water partition coefficient (Wildman–Crippen LogP) is 5.96. The summed E-state index contributed by atoms with van der Waals surface area (Å²) in [5, 5.41) is 1.10. The lowest BCUT2D eigenvalue weighted by atomic mass is 9.97. The lowest BCUT2D eigenvalue weighted by Crippen LogP contribution is -2.11. The van der Waals surface area contributed by atoms with Crippen LogP contribution >= 0.6 is 22.9 Å². The molecule has 2 aromatic heterocycles. The Bertz CT molecular complexity index is 1410. The van der Waals surface area contributed by atoms with Crippen LogP contribution in [0, 0.1) is 6.92 Å². The second kappa shape index (κ2) is 9.68. The number of ether oxygens (including phenoxy) is 3. The van der Waals surface area contributed by atoms with Crippen molar-refractivity contribution in [3.05, 3.63) is 67.8 Å². The lowest BCUT2D eigenvalue weighted by molar-refractivity contribution is 0.211. The van der Waals surface area contributed by atoms with Gasteiger partial charge in [0.1, 0.15) is 29.6 Å². The van der Waals surface area contributed by atoms with Crippen LogP contribution in [0.3, 0.4) is 0 Å². The minimum absolute atomic E-state index is 0.108. The average molecular weight is 497 g/mol. The fourth-order valence-corrected chi connectivity index (χ4v) is 5.83. The molecule has 8 heteroatoms. The highest BCUT2D eigenvalue weighted by molar-refractivity contribution is 7.18. The van der Waals surface area contributed by atoms with Gasteiger partial charge in [-0.25, -0.2) is 4.98 Å². The maximum Gasteiger partial charge on any atom is 0.260 e. The van der Waals surface area contributed by atoms with Gasteiger partial charge >= 0.3 is 0 Å². The largest absolute Gasteiger partial charge is 0.493 e. The molecule has 2 aromatic carbocycles. The summed E-state index contributed by atoms with van der Waals surface area (Å²) in [4.78, 5) is 22.7. The first kappa shape index (κ1) is 22.7. The number of hydrogen-bond donors (Lipinski definition) is 1. The van der Waals surface area contributed by atoms with Gasteiger partial charge in [0.05, 0.1) is 17.5 Å². The maximum atomic E-state index is 12.9. The number of nitrogens with zero attached hydrogens (tertiary/aromatic N) is 1. The van der Waals surface area contributed by atoms with E-state index in [1.807, 2.05) is 31.2 Å². The Morgan fingerprint density at radius 3 is 2.76 bits per heavy atom. The number of rotatable bonds is 7. The molecule has 0 spiro atoms. The Hall–Kier alpha value is -3.03. The van der Waals surface area contributed by atoms with Gasteiger partial charge in [-0.05, 0) is 68.0 Å². The molecule has 0 fully saturated rings. The van der Waals surface area contributed by atoms with Crippen molar-refractivity contribution in [1.29, 1.82) is 0 Å². The van der Waals surface area contributed by atoms with E-state index < -0.39 is 0 Å². The van der Waals surface area contributed by atoms with Crippen molar-refractivity contribution < 1.29 is 14.2 Å². The summed E-state index contributed by atoms with van der Waals surface area (Å²) in [6.45, 7) is 2.67. The normalized spacial score (nSPS) is 13.0. The van der Waals surface area contributed by atoms with Gasteiger partial charge in [0.25, 0.3) is 5.56 Å². The Labute approximate surface area is 206 Å². The van der Waals surface area contributed by atoms with Crippen molar-refractivity contribution in [3.63, 3.8) is 0 Å². The van der Waals surface area contributed by atoms with E-state index in [-0.39, 0.29) is 5.56 Å². The smallest absolute Gasteiger partial charge is 0.260 e. The molecular formula is C26H25ClN2O4S. The van der Waals surface area contributed by atoms with E-state index in [9.17, 15) is 4.79 Å². The molecule has 176 valence electrons. The zero-order valence-corrected chi connectivity index (χ0v) is 20.6. The van der Waals surface area contributed by atoms with Crippen LogP contribution in [-0.2, 0) is 12.8 Å². The standard InChI is InChI=1S/C26H25ClN2O4S/c1-15-6-5-7-17(12-15)32-10-11-33-23-19(27)13-16(14-20(23)31-2)24-28-25(30)22-18-8-3-4-9-21(18)34-26(22)29-24/h5-7,12-14H,3-4,8-11H2,1-2H3,(H,28,29,30). The van der Waals surface area contributed by atoms with Crippen molar-refractivity contribution in [1.82, 2.24) is 9.97 Å². The van der Waals surface area contributed by atoms with Crippen LogP contribution < -0.4 is 19.8 Å². The third-order valence-corrected chi connectivity index (χ3v) is 7.38. The van der Waals surface area contributed by atoms with Gasteiger partial charge < -0.3 is 19.2 Å². The van der Waals surface area contributed by atoms with E-state index in [4.69, 9.17) is 30.8 Å². The molecule has 0 unspecified atom stereocenters. The average Bonchev–Trinajstić information content (AvgIpc) is 3.21. The van der Waals surface area contributed by atoms with E-state index in [0.29, 0.717) is 41.1 Å². The number of thiophene rings is 1. The van der Waals surface area contributed by atoms with Crippen LogP contribution in [0.2, 0.25) is 5.02 Å². The first-order chi connectivity index (χ1) is 16.5. The van der Waals surface area contributed by atoms with Gasteiger partial charge in [0, 0.05) is 10.4 Å². The van der Waals surface area contributed by atoms with Crippen LogP contribution in [0.25, 0.3) is 21.6 Å².